The molecule has 2 N–H and O–H groups in total. The molecule has 0 bridgehead atoms. The highest BCUT2D eigenvalue weighted by Gasteiger charge is 2.18. The van der Waals surface area contributed by atoms with Crippen LogP contribution in [-0.2, 0) is 19.3 Å². The van der Waals surface area contributed by atoms with Gasteiger partial charge in [-0.15, -0.1) is 12.4 Å². The molecule has 0 saturated heterocycles. The van der Waals surface area contributed by atoms with Crippen LogP contribution in [0.2, 0.25) is 0 Å². The molecule has 0 atom stereocenters. The third-order valence-corrected chi connectivity index (χ3v) is 8.51. The Balaban J connectivity index is 0.000000232. The average molecular weight is 737 g/mol. The normalized spacial score (nSPS) is 14.1. The van der Waals surface area contributed by atoms with E-state index in [0.29, 0.717) is 50.5 Å². The van der Waals surface area contributed by atoms with Crippen LogP contribution >= 0.6 is 12.4 Å². The van der Waals surface area contributed by atoms with Crippen LogP contribution in [0.25, 0.3) is 0 Å². The van der Waals surface area contributed by atoms with Gasteiger partial charge in [-0.25, -0.2) is 9.59 Å². The Morgan fingerprint density at radius 3 is 1.11 bits per heavy atom. The number of halogens is 1. The monoisotopic (exact) mass is 736 g/mol. The summed E-state index contributed by atoms with van der Waals surface area (Å²) in [6.45, 7) is 4.70. The fourth-order valence-electron chi connectivity index (χ4n) is 5.79. The van der Waals surface area contributed by atoms with E-state index in [1.54, 1.807) is 12.2 Å². The second-order valence-corrected chi connectivity index (χ2v) is 12.2. The summed E-state index contributed by atoms with van der Waals surface area (Å²) in [5, 5.41) is 26.9. The molecule has 11 heteroatoms. The largest absolute Gasteiger partial charge is 0.478 e. The van der Waals surface area contributed by atoms with Crippen molar-refractivity contribution in [2.24, 2.45) is 10.3 Å². The maximum absolute atomic E-state index is 11.1. The third-order valence-electron chi connectivity index (χ3n) is 8.51. The molecule has 2 heterocycles. The molecular formula is C42H45ClN4O6. The van der Waals surface area contributed by atoms with E-state index in [9.17, 15) is 9.59 Å². The first-order valence-corrected chi connectivity index (χ1v) is 17.4. The van der Waals surface area contributed by atoms with Crippen LogP contribution in [0.3, 0.4) is 0 Å². The quantitative estimate of drug-likeness (QED) is 0.0827. The summed E-state index contributed by atoms with van der Waals surface area (Å²) in [6.07, 6.45) is 5.09. The summed E-state index contributed by atoms with van der Waals surface area (Å²) in [4.78, 5) is 37.5. The van der Waals surface area contributed by atoms with Crippen molar-refractivity contribution < 1.29 is 29.5 Å². The zero-order valence-corrected chi connectivity index (χ0v) is 30.3. The third kappa shape index (κ3) is 12.9. The van der Waals surface area contributed by atoms with Crippen molar-refractivity contribution in [1.29, 1.82) is 0 Å². The summed E-state index contributed by atoms with van der Waals surface area (Å²) in [6, 6.07) is 39.7. The molecule has 2 aliphatic rings. The highest BCUT2D eigenvalue weighted by molar-refractivity contribution is 6.13. The van der Waals surface area contributed by atoms with Crippen LogP contribution < -0.4 is 0 Å². The van der Waals surface area contributed by atoms with Crippen LogP contribution in [0, 0.1) is 0 Å². The molecule has 0 aromatic heterocycles. The Hall–Kier alpha value is -5.55. The molecule has 4 aromatic carbocycles. The molecule has 0 fully saturated rings. The fraction of sp³-hybridized carbons (Fsp3) is 0.238. The molecule has 0 saturated carbocycles. The highest BCUT2D eigenvalue weighted by atomic mass is 35.5. The van der Waals surface area contributed by atoms with Gasteiger partial charge >= 0.3 is 11.9 Å². The van der Waals surface area contributed by atoms with E-state index in [0.717, 1.165) is 59.6 Å². The number of oxime groups is 2. The van der Waals surface area contributed by atoms with Crippen molar-refractivity contribution in [2.75, 3.05) is 52.5 Å². The first-order valence-electron chi connectivity index (χ1n) is 17.4. The minimum absolute atomic E-state index is 0. The Morgan fingerprint density at radius 2 is 0.830 bits per heavy atom. The molecule has 0 radical (unpaired) electrons. The number of hydrogen-bond donors (Lipinski definition) is 2. The molecule has 2 aliphatic heterocycles. The number of benzene rings is 4. The lowest BCUT2D eigenvalue weighted by Gasteiger charge is -2.24. The van der Waals surface area contributed by atoms with Gasteiger partial charge in [0.15, 0.2) is 0 Å². The minimum atomic E-state index is -0.843. The van der Waals surface area contributed by atoms with Gasteiger partial charge in [-0.05, 0) is 12.8 Å². The predicted octanol–water partition coefficient (Wildman–Crippen LogP) is 6.77. The van der Waals surface area contributed by atoms with E-state index >= 15 is 0 Å². The smallest absolute Gasteiger partial charge is 0.332 e. The van der Waals surface area contributed by atoms with Crippen molar-refractivity contribution in [1.82, 2.24) is 9.80 Å². The average Bonchev–Trinajstić information content (AvgIpc) is 3.20. The van der Waals surface area contributed by atoms with Crippen LogP contribution in [0.15, 0.2) is 155 Å². The molecular weight excluding hydrogens is 692 g/mol. The van der Waals surface area contributed by atoms with Gasteiger partial charge in [-0.3, -0.25) is 9.80 Å². The standard InChI is InChI=1S/2C21H22N2O3.ClH/c2*24-21(25)19-12-7-13-23(16-19)14-15-26-22-20(17-8-3-1-4-9-17)18-10-5-2-6-11-18;/h2*1-6,8-12H,7,13-16H2,(H,24,25);1H. The molecule has 53 heavy (non-hydrogen) atoms. The zero-order chi connectivity index (χ0) is 36.4. The summed E-state index contributed by atoms with van der Waals surface area (Å²) in [5.41, 5.74) is 6.45. The van der Waals surface area contributed by atoms with Gasteiger partial charge in [0.25, 0.3) is 0 Å². The number of carbonyl (C=O) groups is 2. The molecule has 276 valence electrons. The Labute approximate surface area is 316 Å². The zero-order valence-electron chi connectivity index (χ0n) is 29.5. The maximum atomic E-state index is 11.1. The lowest BCUT2D eigenvalue weighted by molar-refractivity contribution is -0.134. The Morgan fingerprint density at radius 1 is 0.528 bits per heavy atom. The van der Waals surface area contributed by atoms with E-state index < -0.39 is 11.9 Å². The number of hydrogen-bond acceptors (Lipinski definition) is 8. The molecule has 4 aromatic rings. The van der Waals surface area contributed by atoms with Gasteiger partial charge in [0, 0.05) is 72.7 Å². The first kappa shape index (κ1) is 40.2. The van der Waals surface area contributed by atoms with Crippen molar-refractivity contribution in [3.05, 3.63) is 167 Å². The molecule has 0 aliphatic carbocycles. The van der Waals surface area contributed by atoms with E-state index in [2.05, 4.69) is 20.1 Å². The van der Waals surface area contributed by atoms with Crippen molar-refractivity contribution in [3.63, 3.8) is 0 Å². The second kappa shape index (κ2) is 21.7. The highest BCUT2D eigenvalue weighted by Crippen LogP contribution is 2.14. The summed E-state index contributed by atoms with van der Waals surface area (Å²) in [5.74, 6) is -1.69. The SMILES string of the molecule is Cl.O=C(O)C1=CCCN(CCON=C(c2ccccc2)c2ccccc2)C1.O=C(O)C1=CCCN(CCON=C(c2ccccc2)c2ccccc2)C1. The van der Waals surface area contributed by atoms with E-state index in [4.69, 9.17) is 19.9 Å². The lowest BCUT2D eigenvalue weighted by atomic mass is 10.0. The van der Waals surface area contributed by atoms with E-state index in [1.165, 1.54) is 0 Å². The fourth-order valence-corrected chi connectivity index (χ4v) is 5.79. The Bertz CT molecular complexity index is 1630. The maximum Gasteiger partial charge on any atom is 0.332 e. The van der Waals surface area contributed by atoms with Crippen molar-refractivity contribution in [3.8, 4) is 0 Å². The number of carboxylic acid groups (broad SMARTS) is 2. The molecule has 6 rings (SSSR count). The van der Waals surface area contributed by atoms with Crippen molar-refractivity contribution in [2.45, 2.75) is 12.8 Å². The van der Waals surface area contributed by atoms with Gasteiger partial charge in [-0.2, -0.15) is 0 Å². The van der Waals surface area contributed by atoms with Gasteiger partial charge in [0.1, 0.15) is 24.6 Å². The number of aliphatic carboxylic acids is 2. The van der Waals surface area contributed by atoms with Crippen LogP contribution in [0.4, 0.5) is 0 Å². The van der Waals surface area contributed by atoms with E-state index in [-0.39, 0.29) is 12.4 Å². The topological polar surface area (TPSA) is 124 Å². The van der Waals surface area contributed by atoms with Gasteiger partial charge in [-0.1, -0.05) is 144 Å². The summed E-state index contributed by atoms with van der Waals surface area (Å²) < 4.78 is 0. The lowest BCUT2D eigenvalue weighted by Crippen LogP contribution is -2.34. The van der Waals surface area contributed by atoms with Crippen LogP contribution in [-0.4, -0.2) is 95.9 Å². The van der Waals surface area contributed by atoms with Gasteiger partial charge in [0.2, 0.25) is 0 Å². The Kier molecular flexibility index (Phi) is 16.5. The predicted molar refractivity (Wildman–Crippen MR) is 210 cm³/mol. The molecule has 0 amide bonds. The first-order chi connectivity index (χ1) is 25.5. The molecule has 0 unspecified atom stereocenters. The van der Waals surface area contributed by atoms with Crippen molar-refractivity contribution >= 4 is 35.8 Å². The number of nitrogens with zero attached hydrogens (tertiary/aromatic N) is 4. The minimum Gasteiger partial charge on any atom is -0.478 e. The second-order valence-electron chi connectivity index (χ2n) is 12.2. The number of rotatable bonds is 14. The molecule has 10 nitrogen and oxygen atoms in total. The molecule has 0 spiro atoms. The van der Waals surface area contributed by atoms with Gasteiger partial charge < -0.3 is 19.9 Å². The van der Waals surface area contributed by atoms with Gasteiger partial charge in [0.05, 0.1) is 0 Å². The summed E-state index contributed by atoms with van der Waals surface area (Å²) in [7, 11) is 0. The number of carboxylic acids is 2. The van der Waals surface area contributed by atoms with Crippen LogP contribution in [0.1, 0.15) is 35.1 Å². The summed E-state index contributed by atoms with van der Waals surface area (Å²) >= 11 is 0. The van der Waals surface area contributed by atoms with E-state index in [1.807, 2.05) is 121 Å². The van der Waals surface area contributed by atoms with Crippen LogP contribution in [0.5, 0.6) is 0 Å².